The molecule has 1 aliphatic rings. The van der Waals surface area contributed by atoms with E-state index in [-0.39, 0.29) is 0 Å². The van der Waals surface area contributed by atoms with Crippen LogP contribution < -0.4 is 10.1 Å². The van der Waals surface area contributed by atoms with Gasteiger partial charge in [-0.05, 0) is 25.0 Å². The van der Waals surface area contributed by atoms with Crippen molar-refractivity contribution in [2.45, 2.75) is 39.7 Å². The van der Waals surface area contributed by atoms with E-state index in [1.165, 1.54) is 5.56 Å². The topological polar surface area (TPSA) is 52.0 Å². The van der Waals surface area contributed by atoms with Crippen molar-refractivity contribution in [3.05, 3.63) is 29.6 Å². The highest BCUT2D eigenvalue weighted by molar-refractivity contribution is 5.58. The minimum absolute atomic E-state index is 0.335. The van der Waals surface area contributed by atoms with Crippen LogP contribution in [0.25, 0.3) is 0 Å². The molecule has 106 valence electrons. The first kappa shape index (κ1) is 13.0. The zero-order valence-electron chi connectivity index (χ0n) is 12.2. The first-order valence-electron chi connectivity index (χ1n) is 7.16. The molecule has 0 aliphatic carbocycles. The third kappa shape index (κ3) is 2.24. The number of fused-ring (bicyclic) bond motifs is 1. The Morgan fingerprint density at radius 3 is 2.95 bits per heavy atom. The molecule has 5 nitrogen and oxygen atoms in total. The van der Waals surface area contributed by atoms with Crippen LogP contribution in [0.15, 0.2) is 18.2 Å². The number of anilines is 1. The average molecular weight is 272 g/mol. The van der Waals surface area contributed by atoms with Gasteiger partial charge in [0, 0.05) is 30.8 Å². The Labute approximate surface area is 119 Å². The van der Waals surface area contributed by atoms with Gasteiger partial charge in [0.1, 0.15) is 11.6 Å². The standard InChI is InChI=1S/C15H20N4O/c1-4-19-14(10(2)3)17-18-15(19)20-12-6-5-11-7-8-16-13(11)9-12/h5-6,9-10,16H,4,7-8H2,1-3H3. The summed E-state index contributed by atoms with van der Waals surface area (Å²) in [6.07, 6.45) is 1.08. The predicted octanol–water partition coefficient (Wildman–Crippen LogP) is 3.18. The van der Waals surface area contributed by atoms with Gasteiger partial charge in [-0.1, -0.05) is 25.0 Å². The monoisotopic (exact) mass is 272 g/mol. The number of hydrogen-bond donors (Lipinski definition) is 1. The highest BCUT2D eigenvalue weighted by atomic mass is 16.5. The molecule has 2 aromatic rings. The first-order valence-corrected chi connectivity index (χ1v) is 7.16. The Hall–Kier alpha value is -2.04. The van der Waals surface area contributed by atoms with Crippen molar-refractivity contribution in [2.75, 3.05) is 11.9 Å². The molecule has 1 N–H and O–H groups in total. The molecule has 0 saturated heterocycles. The van der Waals surface area contributed by atoms with Crippen molar-refractivity contribution < 1.29 is 4.74 Å². The molecule has 0 amide bonds. The minimum atomic E-state index is 0.335. The summed E-state index contributed by atoms with van der Waals surface area (Å²) in [5.74, 6) is 2.10. The van der Waals surface area contributed by atoms with Gasteiger partial charge in [-0.15, -0.1) is 5.10 Å². The lowest BCUT2D eigenvalue weighted by Gasteiger charge is -2.10. The van der Waals surface area contributed by atoms with Gasteiger partial charge in [-0.3, -0.25) is 4.57 Å². The maximum absolute atomic E-state index is 5.91. The summed E-state index contributed by atoms with van der Waals surface area (Å²) in [7, 11) is 0. The molecule has 1 aliphatic heterocycles. The summed E-state index contributed by atoms with van der Waals surface area (Å²) in [5.41, 5.74) is 2.51. The Balaban J connectivity index is 1.88. The third-order valence-corrected chi connectivity index (χ3v) is 3.58. The largest absolute Gasteiger partial charge is 0.424 e. The lowest BCUT2D eigenvalue weighted by atomic mass is 10.1. The van der Waals surface area contributed by atoms with Gasteiger partial charge in [0.05, 0.1) is 0 Å². The second-order valence-electron chi connectivity index (χ2n) is 5.34. The van der Waals surface area contributed by atoms with Crippen LogP contribution in [0.3, 0.4) is 0 Å². The van der Waals surface area contributed by atoms with E-state index < -0.39 is 0 Å². The molecule has 1 aromatic carbocycles. The molecule has 1 aromatic heterocycles. The van der Waals surface area contributed by atoms with Crippen molar-refractivity contribution in [1.29, 1.82) is 0 Å². The number of ether oxygens (including phenoxy) is 1. The number of rotatable bonds is 4. The highest BCUT2D eigenvalue weighted by Gasteiger charge is 2.16. The Morgan fingerprint density at radius 2 is 2.20 bits per heavy atom. The maximum atomic E-state index is 5.91. The number of nitrogens with zero attached hydrogens (tertiary/aromatic N) is 3. The summed E-state index contributed by atoms with van der Waals surface area (Å²) in [5, 5.41) is 11.8. The molecule has 5 heteroatoms. The molecule has 0 saturated carbocycles. The van der Waals surface area contributed by atoms with Crippen LogP contribution in [0.4, 0.5) is 5.69 Å². The van der Waals surface area contributed by atoms with Crippen LogP contribution in [-0.4, -0.2) is 21.3 Å². The van der Waals surface area contributed by atoms with Gasteiger partial charge in [-0.2, -0.15) is 0 Å². The summed E-state index contributed by atoms with van der Waals surface area (Å²) in [6, 6.07) is 6.71. The summed E-state index contributed by atoms with van der Waals surface area (Å²) in [6.45, 7) is 8.10. The van der Waals surface area contributed by atoms with Crippen LogP contribution in [0.1, 0.15) is 38.1 Å². The van der Waals surface area contributed by atoms with E-state index in [0.29, 0.717) is 11.9 Å². The molecule has 20 heavy (non-hydrogen) atoms. The third-order valence-electron chi connectivity index (χ3n) is 3.58. The molecule has 3 rings (SSSR count). The van der Waals surface area contributed by atoms with Crippen LogP contribution >= 0.6 is 0 Å². The molecule has 0 radical (unpaired) electrons. The lowest BCUT2D eigenvalue weighted by Crippen LogP contribution is -2.05. The minimum Gasteiger partial charge on any atom is -0.424 e. The molecule has 0 spiro atoms. The van der Waals surface area contributed by atoms with Crippen LogP contribution in [-0.2, 0) is 13.0 Å². The van der Waals surface area contributed by atoms with E-state index in [0.717, 1.165) is 36.8 Å². The zero-order chi connectivity index (χ0) is 14.1. The summed E-state index contributed by atoms with van der Waals surface area (Å²) >= 11 is 0. The molecule has 2 heterocycles. The maximum Gasteiger partial charge on any atom is 0.322 e. The van der Waals surface area contributed by atoms with Crippen LogP contribution in [0.5, 0.6) is 11.8 Å². The van der Waals surface area contributed by atoms with E-state index in [9.17, 15) is 0 Å². The van der Waals surface area contributed by atoms with E-state index in [4.69, 9.17) is 4.74 Å². The lowest BCUT2D eigenvalue weighted by molar-refractivity contribution is 0.409. The predicted molar refractivity (Wildman–Crippen MR) is 78.5 cm³/mol. The number of hydrogen-bond acceptors (Lipinski definition) is 4. The second kappa shape index (κ2) is 5.15. The molecular formula is C15H20N4O. The van der Waals surface area contributed by atoms with Crippen LogP contribution in [0, 0.1) is 0 Å². The fourth-order valence-corrected chi connectivity index (χ4v) is 2.54. The number of benzene rings is 1. The Morgan fingerprint density at radius 1 is 1.35 bits per heavy atom. The van der Waals surface area contributed by atoms with Gasteiger partial charge >= 0.3 is 6.01 Å². The summed E-state index contributed by atoms with van der Waals surface area (Å²) < 4.78 is 7.93. The van der Waals surface area contributed by atoms with E-state index in [2.05, 4.69) is 42.4 Å². The molecular weight excluding hydrogens is 252 g/mol. The molecule has 0 fully saturated rings. The molecule has 0 bridgehead atoms. The van der Waals surface area contributed by atoms with Gasteiger partial charge in [0.25, 0.3) is 0 Å². The average Bonchev–Trinajstić information content (AvgIpc) is 3.04. The fourth-order valence-electron chi connectivity index (χ4n) is 2.54. The highest BCUT2D eigenvalue weighted by Crippen LogP contribution is 2.30. The van der Waals surface area contributed by atoms with E-state index in [1.807, 2.05) is 16.7 Å². The van der Waals surface area contributed by atoms with Crippen molar-refractivity contribution in [1.82, 2.24) is 14.8 Å². The SMILES string of the molecule is CCn1c(Oc2ccc3c(c2)NCC3)nnc1C(C)C. The normalized spacial score (nSPS) is 13.4. The van der Waals surface area contributed by atoms with Crippen molar-refractivity contribution in [3.63, 3.8) is 0 Å². The van der Waals surface area contributed by atoms with Gasteiger partial charge in [-0.25, -0.2) is 0 Å². The Bertz CT molecular complexity index is 618. The first-order chi connectivity index (χ1) is 9.69. The fraction of sp³-hybridized carbons (Fsp3) is 0.467. The van der Waals surface area contributed by atoms with Crippen molar-refractivity contribution >= 4 is 5.69 Å². The second-order valence-corrected chi connectivity index (χ2v) is 5.34. The quantitative estimate of drug-likeness (QED) is 0.928. The molecule has 0 atom stereocenters. The summed E-state index contributed by atoms with van der Waals surface area (Å²) in [4.78, 5) is 0. The van der Waals surface area contributed by atoms with Crippen LogP contribution in [0.2, 0.25) is 0 Å². The molecule has 0 unspecified atom stereocenters. The van der Waals surface area contributed by atoms with Gasteiger partial charge in [0.15, 0.2) is 0 Å². The zero-order valence-corrected chi connectivity index (χ0v) is 12.2. The number of nitrogens with one attached hydrogen (secondary N) is 1. The Kier molecular flexibility index (Phi) is 3.34. The van der Waals surface area contributed by atoms with Crippen molar-refractivity contribution in [2.24, 2.45) is 0 Å². The number of aromatic nitrogens is 3. The van der Waals surface area contributed by atoms with E-state index >= 15 is 0 Å². The van der Waals surface area contributed by atoms with Gasteiger partial charge < -0.3 is 10.1 Å². The van der Waals surface area contributed by atoms with E-state index in [1.54, 1.807) is 0 Å². The smallest absolute Gasteiger partial charge is 0.322 e. The van der Waals surface area contributed by atoms with Gasteiger partial charge in [0.2, 0.25) is 0 Å². The van der Waals surface area contributed by atoms with Crippen molar-refractivity contribution in [3.8, 4) is 11.8 Å².